The highest BCUT2D eigenvalue weighted by Crippen LogP contribution is 2.17. The van der Waals surface area contributed by atoms with Gasteiger partial charge in [0.1, 0.15) is 0 Å². The van der Waals surface area contributed by atoms with E-state index < -0.39 is 23.4 Å². The number of morpholine rings is 1. The number of nitrogens with two attached hydrogens (primary N) is 1. The summed E-state index contributed by atoms with van der Waals surface area (Å²) < 4.78 is 44.6. The first-order valence-corrected chi connectivity index (χ1v) is 6.21. The summed E-state index contributed by atoms with van der Waals surface area (Å²) in [6.07, 6.45) is -0.331. The minimum Gasteiger partial charge on any atom is -0.373 e. The van der Waals surface area contributed by atoms with Gasteiger partial charge in [-0.05, 0) is 19.1 Å². The normalized spacial score (nSPS) is 19.9. The van der Waals surface area contributed by atoms with Gasteiger partial charge in [0.25, 0.3) is 5.91 Å². The van der Waals surface area contributed by atoms with Crippen LogP contribution in [-0.4, -0.2) is 42.6 Å². The number of hydrogen-bond acceptors (Lipinski definition) is 3. The number of rotatable bonds is 2. The maximum atomic E-state index is 13.1. The van der Waals surface area contributed by atoms with E-state index in [1.165, 1.54) is 4.90 Å². The van der Waals surface area contributed by atoms with E-state index >= 15 is 0 Å². The Morgan fingerprint density at radius 1 is 1.38 bits per heavy atom. The van der Waals surface area contributed by atoms with E-state index in [1.54, 1.807) is 6.92 Å². The maximum absolute atomic E-state index is 13.1. The predicted octanol–water partition coefficient (Wildman–Crippen LogP) is 1.71. The molecule has 0 aliphatic carbocycles. The maximum Gasteiger partial charge on any atom is 0.254 e. The Bertz CT molecular complexity index is 505. The van der Waals surface area contributed by atoms with Crippen LogP contribution >= 0.6 is 12.4 Å². The fraction of sp³-hybridized carbons (Fsp3) is 0.462. The molecule has 21 heavy (non-hydrogen) atoms. The van der Waals surface area contributed by atoms with E-state index in [4.69, 9.17) is 10.5 Å². The zero-order valence-electron chi connectivity index (χ0n) is 11.3. The Labute approximate surface area is 126 Å². The average Bonchev–Trinajstić information content (AvgIpc) is 2.43. The summed E-state index contributed by atoms with van der Waals surface area (Å²) in [5.41, 5.74) is 5.47. The van der Waals surface area contributed by atoms with Gasteiger partial charge in [-0.25, -0.2) is 13.2 Å². The minimum absolute atomic E-state index is 0. The largest absolute Gasteiger partial charge is 0.373 e. The van der Waals surface area contributed by atoms with Crippen molar-refractivity contribution < 1.29 is 22.7 Å². The van der Waals surface area contributed by atoms with Crippen molar-refractivity contribution in [1.29, 1.82) is 0 Å². The summed E-state index contributed by atoms with van der Waals surface area (Å²) in [7, 11) is 0. The monoisotopic (exact) mass is 324 g/mol. The molecule has 2 rings (SSSR count). The molecule has 1 aliphatic heterocycles. The zero-order valence-corrected chi connectivity index (χ0v) is 12.1. The molecule has 2 unspecified atom stereocenters. The van der Waals surface area contributed by atoms with Gasteiger partial charge in [0.2, 0.25) is 0 Å². The first-order chi connectivity index (χ1) is 9.40. The molecule has 1 aromatic rings. The summed E-state index contributed by atoms with van der Waals surface area (Å²) in [6, 6.07) is 1.11. The fourth-order valence-electron chi connectivity index (χ4n) is 2.04. The van der Waals surface area contributed by atoms with Crippen molar-refractivity contribution >= 4 is 18.3 Å². The minimum atomic E-state index is -1.59. The van der Waals surface area contributed by atoms with Crippen LogP contribution < -0.4 is 5.73 Å². The topological polar surface area (TPSA) is 55.6 Å². The zero-order chi connectivity index (χ0) is 14.9. The lowest BCUT2D eigenvalue weighted by atomic mass is 10.1. The van der Waals surface area contributed by atoms with Gasteiger partial charge in [0, 0.05) is 24.7 Å². The summed E-state index contributed by atoms with van der Waals surface area (Å²) in [4.78, 5) is 13.5. The third-order valence-electron chi connectivity index (χ3n) is 3.20. The van der Waals surface area contributed by atoms with Gasteiger partial charge >= 0.3 is 0 Å². The molecule has 1 aromatic carbocycles. The predicted molar refractivity (Wildman–Crippen MR) is 72.9 cm³/mol. The molecule has 2 N–H and O–H groups in total. The lowest BCUT2D eigenvalue weighted by Crippen LogP contribution is -2.51. The summed E-state index contributed by atoms with van der Waals surface area (Å²) in [5.74, 6) is -4.93. The van der Waals surface area contributed by atoms with E-state index in [0.29, 0.717) is 25.3 Å². The molecule has 118 valence electrons. The third kappa shape index (κ3) is 3.87. The van der Waals surface area contributed by atoms with Gasteiger partial charge in [-0.3, -0.25) is 4.79 Å². The lowest BCUT2D eigenvalue weighted by Gasteiger charge is -2.34. The molecule has 1 aliphatic rings. The van der Waals surface area contributed by atoms with Gasteiger partial charge < -0.3 is 15.4 Å². The second-order valence-corrected chi connectivity index (χ2v) is 4.77. The number of carbonyl (C=O) groups is 1. The highest BCUT2D eigenvalue weighted by atomic mass is 35.5. The van der Waals surface area contributed by atoms with Crippen LogP contribution in [0.3, 0.4) is 0 Å². The summed E-state index contributed by atoms with van der Waals surface area (Å²) in [6.45, 7) is 2.57. The number of ether oxygens (including phenoxy) is 1. The lowest BCUT2D eigenvalue weighted by molar-refractivity contribution is -0.0300. The number of nitrogens with zero attached hydrogens (tertiary/aromatic N) is 1. The van der Waals surface area contributed by atoms with E-state index in [9.17, 15) is 18.0 Å². The third-order valence-corrected chi connectivity index (χ3v) is 3.20. The molecule has 1 fully saturated rings. The number of amides is 1. The van der Waals surface area contributed by atoms with Crippen LogP contribution in [0.5, 0.6) is 0 Å². The van der Waals surface area contributed by atoms with Crippen LogP contribution in [0.25, 0.3) is 0 Å². The Morgan fingerprint density at radius 2 is 1.95 bits per heavy atom. The van der Waals surface area contributed by atoms with Crippen LogP contribution in [0.4, 0.5) is 13.2 Å². The van der Waals surface area contributed by atoms with Crippen molar-refractivity contribution in [2.45, 2.75) is 19.1 Å². The van der Waals surface area contributed by atoms with Gasteiger partial charge in [-0.2, -0.15) is 0 Å². The standard InChI is InChI=1S/C13H15F3N2O2.ClH/c1-7(17)11-6-18(2-3-20-11)13(19)8-4-9(14)12(16)10(15)5-8;/h4-5,7,11H,2-3,6,17H2,1H3;1H. The van der Waals surface area contributed by atoms with Crippen molar-refractivity contribution in [2.24, 2.45) is 5.73 Å². The molecule has 0 saturated carbocycles. The van der Waals surface area contributed by atoms with E-state index in [2.05, 4.69) is 0 Å². The number of halogens is 4. The van der Waals surface area contributed by atoms with E-state index in [1.807, 2.05) is 0 Å². The van der Waals surface area contributed by atoms with Gasteiger partial charge in [-0.1, -0.05) is 0 Å². The van der Waals surface area contributed by atoms with Gasteiger partial charge in [-0.15, -0.1) is 12.4 Å². The molecule has 1 saturated heterocycles. The first-order valence-electron chi connectivity index (χ1n) is 6.21. The Hall–Kier alpha value is -1.31. The Morgan fingerprint density at radius 3 is 2.48 bits per heavy atom. The van der Waals surface area contributed by atoms with Crippen molar-refractivity contribution in [2.75, 3.05) is 19.7 Å². The van der Waals surface area contributed by atoms with Crippen LogP contribution in [0.15, 0.2) is 12.1 Å². The van der Waals surface area contributed by atoms with Crippen molar-refractivity contribution in [3.63, 3.8) is 0 Å². The highest BCUT2D eigenvalue weighted by Gasteiger charge is 2.28. The van der Waals surface area contributed by atoms with Crippen LogP contribution in [-0.2, 0) is 4.74 Å². The van der Waals surface area contributed by atoms with E-state index in [0.717, 1.165) is 0 Å². The fourth-order valence-corrected chi connectivity index (χ4v) is 2.04. The molecule has 1 heterocycles. The molecular formula is C13H16ClF3N2O2. The molecule has 4 nitrogen and oxygen atoms in total. The molecule has 0 bridgehead atoms. The van der Waals surface area contributed by atoms with Crippen molar-refractivity contribution in [3.8, 4) is 0 Å². The molecule has 0 spiro atoms. The van der Waals surface area contributed by atoms with E-state index in [-0.39, 0.29) is 36.7 Å². The Kier molecular flexibility index (Phi) is 6.00. The number of hydrogen-bond donors (Lipinski definition) is 1. The SMILES string of the molecule is CC(N)C1CN(C(=O)c2cc(F)c(F)c(F)c2)CCO1.Cl. The smallest absolute Gasteiger partial charge is 0.254 e. The summed E-state index contributed by atoms with van der Waals surface area (Å²) in [5, 5.41) is 0. The molecule has 1 amide bonds. The number of carbonyl (C=O) groups excluding carboxylic acids is 1. The second-order valence-electron chi connectivity index (χ2n) is 4.77. The molecule has 8 heteroatoms. The van der Waals surface area contributed by atoms with Crippen LogP contribution in [0.1, 0.15) is 17.3 Å². The van der Waals surface area contributed by atoms with Crippen LogP contribution in [0, 0.1) is 17.5 Å². The molecular weight excluding hydrogens is 309 g/mol. The highest BCUT2D eigenvalue weighted by molar-refractivity contribution is 5.94. The second kappa shape index (κ2) is 7.11. The number of benzene rings is 1. The summed E-state index contributed by atoms with van der Waals surface area (Å²) >= 11 is 0. The quantitative estimate of drug-likeness (QED) is 0.843. The Balaban J connectivity index is 0.00000220. The molecule has 2 atom stereocenters. The van der Waals surface area contributed by atoms with Gasteiger partial charge in [0.15, 0.2) is 17.5 Å². The van der Waals surface area contributed by atoms with Crippen LogP contribution in [0.2, 0.25) is 0 Å². The van der Waals surface area contributed by atoms with Gasteiger partial charge in [0.05, 0.1) is 12.7 Å². The van der Waals surface area contributed by atoms with Crippen molar-refractivity contribution in [1.82, 2.24) is 4.90 Å². The van der Waals surface area contributed by atoms with Crippen molar-refractivity contribution in [3.05, 3.63) is 35.1 Å². The first kappa shape index (κ1) is 17.7. The average molecular weight is 325 g/mol. The molecule has 0 aromatic heterocycles. The molecule has 0 radical (unpaired) electrons.